The fourth-order valence-corrected chi connectivity index (χ4v) is 1.70. The molecule has 1 aromatic carbocycles. The van der Waals surface area contributed by atoms with Crippen LogP contribution >= 0.6 is 0 Å². The van der Waals surface area contributed by atoms with E-state index in [0.29, 0.717) is 13.2 Å². The van der Waals surface area contributed by atoms with Gasteiger partial charge in [0, 0.05) is 12.6 Å². The number of halogens is 2. The summed E-state index contributed by atoms with van der Waals surface area (Å²) in [5.41, 5.74) is 0.812. The molecule has 0 amide bonds. The maximum absolute atomic E-state index is 12.1. The first kappa shape index (κ1) is 16.4. The molecule has 1 unspecified atom stereocenters. The summed E-state index contributed by atoms with van der Waals surface area (Å²) in [5, 5.41) is 3.12. The van der Waals surface area contributed by atoms with Crippen molar-refractivity contribution < 1.29 is 23.0 Å². The van der Waals surface area contributed by atoms with Gasteiger partial charge in [-0.15, -0.1) is 0 Å². The van der Waals surface area contributed by atoms with E-state index in [1.165, 1.54) is 6.07 Å². The summed E-state index contributed by atoms with van der Waals surface area (Å²) in [6, 6.07) is 6.40. The molecule has 1 rings (SSSR count). The van der Waals surface area contributed by atoms with E-state index in [4.69, 9.17) is 4.74 Å². The fourth-order valence-electron chi connectivity index (χ4n) is 1.70. The SMILES string of the molecule is CCOC(=O)CCNC(C)c1cccc(OC(F)F)c1. The highest BCUT2D eigenvalue weighted by Gasteiger charge is 2.09. The fraction of sp³-hybridized carbons (Fsp3) is 0.500. The van der Waals surface area contributed by atoms with E-state index in [1.807, 2.05) is 6.92 Å². The molecule has 0 aliphatic rings. The standard InChI is InChI=1S/C14H19F2NO3/c1-3-19-13(18)7-8-17-10(2)11-5-4-6-12(9-11)20-14(15)16/h4-6,9-10,14,17H,3,7-8H2,1-2H3. The molecule has 0 radical (unpaired) electrons. The second kappa shape index (κ2) is 8.47. The predicted octanol–water partition coefficient (Wildman–Crippen LogP) is 2.89. The van der Waals surface area contributed by atoms with Crippen LogP contribution < -0.4 is 10.1 Å². The van der Waals surface area contributed by atoms with Gasteiger partial charge in [-0.2, -0.15) is 8.78 Å². The Hall–Kier alpha value is -1.69. The lowest BCUT2D eigenvalue weighted by molar-refractivity contribution is -0.143. The van der Waals surface area contributed by atoms with Crippen LogP contribution in [0.1, 0.15) is 31.9 Å². The maximum atomic E-state index is 12.1. The average molecular weight is 287 g/mol. The summed E-state index contributed by atoms with van der Waals surface area (Å²) in [6.07, 6.45) is 0.269. The van der Waals surface area contributed by atoms with E-state index >= 15 is 0 Å². The Bertz CT molecular complexity index is 427. The Morgan fingerprint density at radius 3 is 2.80 bits per heavy atom. The van der Waals surface area contributed by atoms with Gasteiger partial charge in [0.15, 0.2) is 0 Å². The van der Waals surface area contributed by atoms with Crippen LogP contribution in [0.15, 0.2) is 24.3 Å². The highest BCUT2D eigenvalue weighted by atomic mass is 19.3. The number of nitrogens with one attached hydrogen (secondary N) is 1. The van der Waals surface area contributed by atoms with Gasteiger partial charge in [0.1, 0.15) is 5.75 Å². The number of hydrogen-bond acceptors (Lipinski definition) is 4. The molecule has 0 heterocycles. The van der Waals surface area contributed by atoms with Crippen molar-refractivity contribution in [1.82, 2.24) is 5.32 Å². The average Bonchev–Trinajstić information content (AvgIpc) is 2.38. The van der Waals surface area contributed by atoms with Crippen LogP contribution in [-0.2, 0) is 9.53 Å². The summed E-state index contributed by atoms with van der Waals surface area (Å²) < 4.78 is 33.4. The number of esters is 1. The molecule has 1 aromatic rings. The zero-order valence-electron chi connectivity index (χ0n) is 11.6. The van der Waals surface area contributed by atoms with Crippen LogP contribution in [0.25, 0.3) is 0 Å². The number of carbonyl (C=O) groups is 1. The van der Waals surface area contributed by atoms with E-state index in [1.54, 1.807) is 25.1 Å². The molecule has 0 aliphatic heterocycles. The van der Waals surface area contributed by atoms with Crippen molar-refractivity contribution in [3.8, 4) is 5.75 Å². The van der Waals surface area contributed by atoms with Gasteiger partial charge in [0.25, 0.3) is 0 Å². The molecule has 4 nitrogen and oxygen atoms in total. The van der Waals surface area contributed by atoms with Crippen LogP contribution in [-0.4, -0.2) is 25.7 Å². The summed E-state index contributed by atoms with van der Waals surface area (Å²) in [7, 11) is 0. The third kappa shape index (κ3) is 5.97. The number of carbonyl (C=O) groups excluding carboxylic acids is 1. The van der Waals surface area contributed by atoms with Crippen molar-refractivity contribution in [1.29, 1.82) is 0 Å². The van der Waals surface area contributed by atoms with Gasteiger partial charge in [-0.25, -0.2) is 0 Å². The van der Waals surface area contributed by atoms with Gasteiger partial charge >= 0.3 is 12.6 Å². The predicted molar refractivity (Wildman–Crippen MR) is 70.7 cm³/mol. The zero-order chi connectivity index (χ0) is 15.0. The Balaban J connectivity index is 2.46. The number of benzene rings is 1. The van der Waals surface area contributed by atoms with Crippen LogP contribution in [0, 0.1) is 0 Å². The first-order chi connectivity index (χ1) is 9.52. The first-order valence-corrected chi connectivity index (χ1v) is 6.46. The number of rotatable bonds is 8. The molecule has 0 spiro atoms. The van der Waals surface area contributed by atoms with Crippen LogP contribution in [0.2, 0.25) is 0 Å². The van der Waals surface area contributed by atoms with Crippen molar-refractivity contribution in [2.75, 3.05) is 13.2 Å². The van der Waals surface area contributed by atoms with Gasteiger partial charge in [0.2, 0.25) is 0 Å². The molecule has 0 aliphatic carbocycles. The molecule has 0 bridgehead atoms. The van der Waals surface area contributed by atoms with E-state index in [-0.39, 0.29) is 24.2 Å². The van der Waals surface area contributed by atoms with Crippen molar-refractivity contribution in [2.24, 2.45) is 0 Å². The minimum atomic E-state index is -2.84. The number of ether oxygens (including phenoxy) is 2. The molecular formula is C14H19F2NO3. The summed E-state index contributed by atoms with van der Waals surface area (Å²) in [5.74, 6) is -0.140. The van der Waals surface area contributed by atoms with Crippen LogP contribution in [0.5, 0.6) is 5.75 Å². The third-order valence-corrected chi connectivity index (χ3v) is 2.67. The smallest absolute Gasteiger partial charge is 0.387 e. The third-order valence-electron chi connectivity index (χ3n) is 2.67. The first-order valence-electron chi connectivity index (χ1n) is 6.46. The zero-order valence-corrected chi connectivity index (χ0v) is 11.6. The van der Waals surface area contributed by atoms with E-state index in [9.17, 15) is 13.6 Å². The van der Waals surface area contributed by atoms with Gasteiger partial charge < -0.3 is 14.8 Å². The van der Waals surface area contributed by atoms with E-state index in [0.717, 1.165) is 5.56 Å². The molecule has 0 fully saturated rings. The Kier molecular flexibility index (Phi) is 6.93. The van der Waals surface area contributed by atoms with Gasteiger partial charge in [-0.1, -0.05) is 12.1 Å². The molecule has 6 heteroatoms. The molecule has 1 atom stereocenters. The van der Waals surface area contributed by atoms with Crippen molar-refractivity contribution >= 4 is 5.97 Å². The second-order valence-electron chi connectivity index (χ2n) is 4.18. The lowest BCUT2D eigenvalue weighted by Crippen LogP contribution is -2.22. The molecule has 0 saturated heterocycles. The van der Waals surface area contributed by atoms with Crippen molar-refractivity contribution in [3.05, 3.63) is 29.8 Å². The topological polar surface area (TPSA) is 47.6 Å². The van der Waals surface area contributed by atoms with E-state index in [2.05, 4.69) is 10.1 Å². The summed E-state index contributed by atoms with van der Waals surface area (Å²) in [4.78, 5) is 11.2. The highest BCUT2D eigenvalue weighted by Crippen LogP contribution is 2.20. The molecule has 20 heavy (non-hydrogen) atoms. The molecule has 1 N–H and O–H groups in total. The van der Waals surface area contributed by atoms with Crippen molar-refractivity contribution in [3.63, 3.8) is 0 Å². The van der Waals surface area contributed by atoms with Crippen LogP contribution in [0.3, 0.4) is 0 Å². The van der Waals surface area contributed by atoms with Crippen molar-refractivity contribution in [2.45, 2.75) is 32.9 Å². The maximum Gasteiger partial charge on any atom is 0.387 e. The highest BCUT2D eigenvalue weighted by molar-refractivity contribution is 5.69. The van der Waals surface area contributed by atoms with Crippen LogP contribution in [0.4, 0.5) is 8.78 Å². The summed E-state index contributed by atoms with van der Waals surface area (Å²) in [6.45, 7) is 1.62. The van der Waals surface area contributed by atoms with Gasteiger partial charge in [-0.05, 0) is 31.5 Å². The normalized spacial score (nSPS) is 12.2. The minimum Gasteiger partial charge on any atom is -0.466 e. The quantitative estimate of drug-likeness (QED) is 0.747. The minimum absolute atomic E-state index is 0.0781. The number of hydrogen-bond donors (Lipinski definition) is 1. The van der Waals surface area contributed by atoms with E-state index < -0.39 is 6.61 Å². The lowest BCUT2D eigenvalue weighted by atomic mass is 10.1. The largest absolute Gasteiger partial charge is 0.466 e. The number of alkyl halides is 2. The molecule has 0 aromatic heterocycles. The second-order valence-corrected chi connectivity index (χ2v) is 4.18. The van der Waals surface area contributed by atoms with Gasteiger partial charge in [0.05, 0.1) is 13.0 Å². The Morgan fingerprint density at radius 2 is 2.15 bits per heavy atom. The Morgan fingerprint density at radius 1 is 1.40 bits per heavy atom. The molecular weight excluding hydrogens is 268 g/mol. The summed E-state index contributed by atoms with van der Waals surface area (Å²) >= 11 is 0. The molecule has 112 valence electrons. The lowest BCUT2D eigenvalue weighted by Gasteiger charge is -2.15. The Labute approximate surface area is 117 Å². The molecule has 0 saturated carbocycles. The monoisotopic (exact) mass is 287 g/mol. The van der Waals surface area contributed by atoms with Gasteiger partial charge in [-0.3, -0.25) is 4.79 Å².